The molecule has 5 heteroatoms. The van der Waals surface area contributed by atoms with Gasteiger partial charge >= 0.3 is 0 Å². The number of hydrogen-bond donors (Lipinski definition) is 0. The van der Waals surface area contributed by atoms with Gasteiger partial charge in [-0.1, -0.05) is 30.3 Å². The third-order valence-electron chi connectivity index (χ3n) is 3.08. The lowest BCUT2D eigenvalue weighted by molar-refractivity contribution is 0.0761. The zero-order valence-electron chi connectivity index (χ0n) is 9.54. The normalized spacial score (nSPS) is 14.1. The van der Waals surface area contributed by atoms with Crippen LogP contribution in [0.3, 0.4) is 0 Å². The van der Waals surface area contributed by atoms with E-state index in [0.29, 0.717) is 13.1 Å². The van der Waals surface area contributed by atoms with Gasteiger partial charge in [0.05, 0.1) is 0 Å². The van der Waals surface area contributed by atoms with Crippen LogP contribution in [0.25, 0.3) is 0 Å². The van der Waals surface area contributed by atoms with Crippen LogP contribution >= 0.6 is 30.3 Å². The Hall–Kier alpha value is -0.950. The Balaban J connectivity index is 1.83. The number of rotatable bonds is 3. The van der Waals surface area contributed by atoms with Crippen LogP contribution in [0.2, 0.25) is 0 Å². The van der Waals surface area contributed by atoms with E-state index in [-0.39, 0.29) is 5.91 Å². The summed E-state index contributed by atoms with van der Waals surface area (Å²) in [6, 6.07) is 12.1. The minimum atomic E-state index is 0.128. The first-order valence-electron chi connectivity index (χ1n) is 5.62. The van der Waals surface area contributed by atoms with Crippen molar-refractivity contribution >= 4 is 36.2 Å². The van der Waals surface area contributed by atoms with Crippen molar-refractivity contribution in [2.45, 2.75) is 13.1 Å². The van der Waals surface area contributed by atoms with Gasteiger partial charge < -0.3 is 4.90 Å². The Labute approximate surface area is 122 Å². The molecule has 0 spiro atoms. The van der Waals surface area contributed by atoms with Crippen LogP contribution in [-0.4, -0.2) is 14.8 Å². The van der Waals surface area contributed by atoms with Gasteiger partial charge in [-0.15, -0.1) is 0 Å². The Bertz CT molecular complexity index is 582. The molecular weight excluding hydrogens is 359 g/mol. The molecule has 0 unspecified atom stereocenters. The summed E-state index contributed by atoms with van der Waals surface area (Å²) in [6.45, 7) is 1.40. The third-order valence-corrected chi connectivity index (χ3v) is 4.80. The summed E-state index contributed by atoms with van der Waals surface area (Å²) < 4.78 is 1.93. The number of halogens is 1. The highest BCUT2D eigenvalue weighted by Crippen LogP contribution is 2.30. The van der Waals surface area contributed by atoms with Crippen LogP contribution in [0.5, 0.6) is 0 Å². The number of fused-ring (bicyclic) bond motifs is 1. The lowest BCUT2D eigenvalue weighted by atomic mass is 10.2. The largest absolute Gasteiger partial charge is 0.329 e. The van der Waals surface area contributed by atoms with E-state index in [2.05, 4.69) is 33.3 Å². The van der Waals surface area contributed by atoms with Crippen LogP contribution in [0.15, 0.2) is 42.6 Å². The molecule has 1 aliphatic heterocycles. The number of amides is 1. The van der Waals surface area contributed by atoms with E-state index in [4.69, 9.17) is 0 Å². The Morgan fingerprint density at radius 3 is 2.72 bits per heavy atom. The SMILES string of the molecule is O=C1c2c(ccn2SI)CN1Cc1ccccc1. The van der Waals surface area contributed by atoms with Gasteiger partial charge in [-0.25, -0.2) is 0 Å². The molecule has 3 rings (SSSR count). The minimum absolute atomic E-state index is 0.128. The molecule has 3 nitrogen and oxygen atoms in total. The number of hydrogen-bond acceptors (Lipinski definition) is 2. The first-order valence-corrected chi connectivity index (χ1v) is 8.93. The molecule has 18 heavy (non-hydrogen) atoms. The molecule has 0 aliphatic carbocycles. The third kappa shape index (κ3) is 2.05. The Morgan fingerprint density at radius 2 is 2.00 bits per heavy atom. The summed E-state index contributed by atoms with van der Waals surface area (Å²) in [4.78, 5) is 14.2. The average Bonchev–Trinajstić information content (AvgIpc) is 2.93. The highest BCUT2D eigenvalue weighted by atomic mass is 127. The van der Waals surface area contributed by atoms with Crippen LogP contribution in [0.1, 0.15) is 21.6 Å². The molecule has 0 fully saturated rings. The maximum atomic E-state index is 12.3. The molecule has 1 aliphatic rings. The molecule has 0 atom stereocenters. The van der Waals surface area contributed by atoms with Gasteiger partial charge in [-0.05, 0) is 11.6 Å². The second-order valence-electron chi connectivity index (χ2n) is 4.23. The molecule has 2 aromatic rings. The summed E-state index contributed by atoms with van der Waals surface area (Å²) in [7, 11) is 1.53. The van der Waals surface area contributed by atoms with Crippen molar-refractivity contribution in [2.75, 3.05) is 0 Å². The van der Waals surface area contributed by atoms with Crippen molar-refractivity contribution in [2.24, 2.45) is 0 Å². The van der Waals surface area contributed by atoms with Gasteiger partial charge in [-0.2, -0.15) is 0 Å². The smallest absolute Gasteiger partial charge is 0.272 e. The summed E-state index contributed by atoms with van der Waals surface area (Å²) in [5, 5.41) is 0. The zero-order chi connectivity index (χ0) is 12.5. The van der Waals surface area contributed by atoms with Crippen molar-refractivity contribution in [3.05, 3.63) is 59.4 Å². The summed E-state index contributed by atoms with van der Waals surface area (Å²) in [5.41, 5.74) is 3.12. The van der Waals surface area contributed by atoms with Gasteiger partial charge in [-0.3, -0.25) is 8.77 Å². The molecular formula is C13H11IN2OS. The maximum Gasteiger partial charge on any atom is 0.272 e. The molecule has 92 valence electrons. The predicted molar refractivity (Wildman–Crippen MR) is 81.5 cm³/mol. The lowest BCUT2D eigenvalue weighted by Crippen LogP contribution is -2.24. The fourth-order valence-corrected chi connectivity index (χ4v) is 3.58. The van der Waals surface area contributed by atoms with E-state index in [9.17, 15) is 4.79 Å². The van der Waals surface area contributed by atoms with E-state index in [0.717, 1.165) is 11.3 Å². The molecule has 2 heterocycles. The van der Waals surface area contributed by atoms with Crippen molar-refractivity contribution < 1.29 is 4.79 Å². The molecule has 0 bridgehead atoms. The second kappa shape index (κ2) is 4.97. The highest BCUT2D eigenvalue weighted by molar-refractivity contribution is 14.2. The van der Waals surface area contributed by atoms with Gasteiger partial charge in [0, 0.05) is 55.2 Å². The number of carbonyl (C=O) groups is 1. The molecule has 0 saturated carbocycles. The second-order valence-corrected chi connectivity index (χ2v) is 5.94. The predicted octanol–water partition coefficient (Wildman–Crippen LogP) is 3.49. The maximum absolute atomic E-state index is 12.3. The topological polar surface area (TPSA) is 25.2 Å². The van der Waals surface area contributed by atoms with E-state index >= 15 is 0 Å². The number of aromatic nitrogens is 1. The molecule has 0 N–H and O–H groups in total. The number of benzene rings is 1. The minimum Gasteiger partial charge on any atom is -0.329 e. The van der Waals surface area contributed by atoms with E-state index in [1.165, 1.54) is 14.7 Å². The Morgan fingerprint density at radius 1 is 1.22 bits per heavy atom. The lowest BCUT2D eigenvalue weighted by Gasteiger charge is -2.16. The van der Waals surface area contributed by atoms with E-state index in [1.807, 2.05) is 39.3 Å². The standard InChI is InChI=1S/C13H11IN2OS/c14-18-16-7-6-11-9-15(13(17)12(11)16)8-10-4-2-1-3-5-10/h1-7H,8-9H2. The molecule has 0 radical (unpaired) electrons. The van der Waals surface area contributed by atoms with Crippen LogP contribution in [0, 0.1) is 0 Å². The van der Waals surface area contributed by atoms with E-state index in [1.54, 1.807) is 0 Å². The average molecular weight is 370 g/mol. The van der Waals surface area contributed by atoms with Crippen LogP contribution in [-0.2, 0) is 13.1 Å². The van der Waals surface area contributed by atoms with Crippen LogP contribution < -0.4 is 0 Å². The summed E-state index contributed by atoms with van der Waals surface area (Å²) in [5.74, 6) is 0.128. The fourth-order valence-electron chi connectivity index (χ4n) is 2.23. The summed E-state index contributed by atoms with van der Waals surface area (Å²) >= 11 is 2.19. The van der Waals surface area contributed by atoms with Crippen molar-refractivity contribution in [1.29, 1.82) is 0 Å². The monoisotopic (exact) mass is 370 g/mol. The van der Waals surface area contributed by atoms with Crippen molar-refractivity contribution in [3.8, 4) is 0 Å². The highest BCUT2D eigenvalue weighted by Gasteiger charge is 2.30. The van der Waals surface area contributed by atoms with Gasteiger partial charge in [0.25, 0.3) is 5.91 Å². The van der Waals surface area contributed by atoms with Crippen molar-refractivity contribution in [3.63, 3.8) is 0 Å². The number of carbonyl (C=O) groups excluding carboxylic acids is 1. The van der Waals surface area contributed by atoms with Gasteiger partial charge in [0.15, 0.2) is 0 Å². The van der Waals surface area contributed by atoms with E-state index < -0.39 is 0 Å². The summed E-state index contributed by atoms with van der Waals surface area (Å²) in [6.07, 6.45) is 1.96. The Kier molecular flexibility index (Phi) is 3.34. The molecule has 1 aromatic heterocycles. The van der Waals surface area contributed by atoms with Gasteiger partial charge in [0.2, 0.25) is 0 Å². The van der Waals surface area contributed by atoms with Gasteiger partial charge in [0.1, 0.15) is 5.69 Å². The molecule has 1 amide bonds. The quantitative estimate of drug-likeness (QED) is 0.773. The van der Waals surface area contributed by atoms with Crippen molar-refractivity contribution in [1.82, 2.24) is 8.87 Å². The first-order chi connectivity index (χ1) is 8.79. The number of nitrogens with zero attached hydrogens (tertiary/aromatic N) is 2. The fraction of sp³-hybridized carbons (Fsp3) is 0.154. The molecule has 0 saturated heterocycles. The first kappa shape index (κ1) is 12.1. The van der Waals surface area contributed by atoms with Crippen LogP contribution in [0.4, 0.5) is 0 Å². The molecule has 1 aromatic carbocycles. The zero-order valence-corrected chi connectivity index (χ0v) is 12.5.